The Hall–Kier alpha value is -2.47. The van der Waals surface area contributed by atoms with Crippen LogP contribution in [0.5, 0.6) is 5.75 Å². The number of ether oxygens (including phenoxy) is 1. The summed E-state index contributed by atoms with van der Waals surface area (Å²) >= 11 is 1.41. The Bertz CT molecular complexity index is 748. The zero-order valence-electron chi connectivity index (χ0n) is 12.5. The predicted octanol–water partition coefficient (Wildman–Crippen LogP) is 3.14. The van der Waals surface area contributed by atoms with Crippen LogP contribution in [0.15, 0.2) is 53.4 Å². The van der Waals surface area contributed by atoms with Gasteiger partial charge < -0.3 is 15.4 Å². The van der Waals surface area contributed by atoms with E-state index < -0.39 is 5.25 Å². The Labute approximate surface area is 138 Å². The van der Waals surface area contributed by atoms with Crippen LogP contribution in [0.25, 0.3) is 0 Å². The lowest BCUT2D eigenvalue weighted by molar-refractivity contribution is -0.120. The van der Waals surface area contributed by atoms with Crippen molar-refractivity contribution in [2.45, 2.75) is 16.6 Å². The molecule has 1 aliphatic heterocycles. The Morgan fingerprint density at radius 2 is 1.96 bits per heavy atom. The minimum Gasteiger partial charge on any atom is -0.495 e. The number of thioether (sulfide) groups is 1. The predicted molar refractivity (Wildman–Crippen MR) is 91.0 cm³/mol. The van der Waals surface area contributed by atoms with Crippen LogP contribution >= 0.6 is 11.8 Å². The number of carbonyl (C=O) groups is 2. The second kappa shape index (κ2) is 6.75. The Morgan fingerprint density at radius 3 is 2.78 bits per heavy atom. The molecule has 1 heterocycles. The molecule has 5 nitrogen and oxygen atoms in total. The SMILES string of the molecule is COc1ccccc1NC(=O)C[C@@H]1Sc2ccccc2NC1=O. The van der Waals surface area contributed by atoms with Crippen molar-refractivity contribution in [1.82, 2.24) is 0 Å². The van der Waals surface area contributed by atoms with Crippen LogP contribution in [0, 0.1) is 0 Å². The molecule has 0 saturated heterocycles. The molecule has 0 spiro atoms. The molecule has 2 N–H and O–H groups in total. The van der Waals surface area contributed by atoms with Crippen molar-refractivity contribution in [1.29, 1.82) is 0 Å². The van der Waals surface area contributed by atoms with Gasteiger partial charge in [0.15, 0.2) is 0 Å². The summed E-state index contributed by atoms with van der Waals surface area (Å²) in [5, 5.41) is 5.19. The summed E-state index contributed by atoms with van der Waals surface area (Å²) < 4.78 is 5.20. The molecule has 3 rings (SSSR count). The first-order chi connectivity index (χ1) is 11.2. The molecule has 0 radical (unpaired) electrons. The number of para-hydroxylation sites is 3. The third-order valence-electron chi connectivity index (χ3n) is 3.46. The lowest BCUT2D eigenvalue weighted by atomic mass is 10.2. The van der Waals surface area contributed by atoms with Crippen LogP contribution in [-0.4, -0.2) is 24.2 Å². The van der Waals surface area contributed by atoms with Crippen molar-refractivity contribution in [2.75, 3.05) is 17.7 Å². The van der Waals surface area contributed by atoms with E-state index in [4.69, 9.17) is 4.74 Å². The van der Waals surface area contributed by atoms with E-state index in [9.17, 15) is 9.59 Å². The second-order valence-corrected chi connectivity index (χ2v) is 6.29. The van der Waals surface area contributed by atoms with Gasteiger partial charge in [0.1, 0.15) is 5.75 Å². The van der Waals surface area contributed by atoms with Gasteiger partial charge in [-0.25, -0.2) is 0 Å². The van der Waals surface area contributed by atoms with Gasteiger partial charge in [-0.1, -0.05) is 24.3 Å². The quantitative estimate of drug-likeness (QED) is 0.905. The molecule has 118 valence electrons. The lowest BCUT2D eigenvalue weighted by Crippen LogP contribution is -2.32. The number of hydrogen-bond acceptors (Lipinski definition) is 4. The van der Waals surface area contributed by atoms with Crippen molar-refractivity contribution in [3.63, 3.8) is 0 Å². The molecule has 23 heavy (non-hydrogen) atoms. The van der Waals surface area contributed by atoms with E-state index >= 15 is 0 Å². The molecule has 2 amide bonds. The van der Waals surface area contributed by atoms with E-state index in [0.717, 1.165) is 10.6 Å². The van der Waals surface area contributed by atoms with Gasteiger partial charge in [0.25, 0.3) is 0 Å². The van der Waals surface area contributed by atoms with Gasteiger partial charge in [0.05, 0.1) is 23.7 Å². The van der Waals surface area contributed by atoms with Gasteiger partial charge in [-0.2, -0.15) is 0 Å². The first kappa shape index (κ1) is 15.4. The third kappa shape index (κ3) is 3.48. The number of carbonyl (C=O) groups excluding carboxylic acids is 2. The molecule has 0 unspecified atom stereocenters. The minimum absolute atomic E-state index is 0.100. The molecular weight excluding hydrogens is 312 g/mol. The lowest BCUT2D eigenvalue weighted by Gasteiger charge is -2.23. The highest BCUT2D eigenvalue weighted by molar-refractivity contribution is 8.01. The average Bonchev–Trinajstić information content (AvgIpc) is 2.56. The summed E-state index contributed by atoms with van der Waals surface area (Å²) in [4.78, 5) is 25.4. The van der Waals surface area contributed by atoms with E-state index in [0.29, 0.717) is 11.4 Å². The minimum atomic E-state index is -0.445. The summed E-state index contributed by atoms with van der Waals surface area (Å²) in [6, 6.07) is 14.7. The van der Waals surface area contributed by atoms with Crippen molar-refractivity contribution in [2.24, 2.45) is 0 Å². The molecule has 0 aromatic heterocycles. The zero-order chi connectivity index (χ0) is 16.2. The number of benzene rings is 2. The van der Waals surface area contributed by atoms with Crippen LogP contribution in [0.4, 0.5) is 11.4 Å². The molecule has 1 aliphatic rings. The molecule has 1 atom stereocenters. The molecular formula is C17H16N2O3S. The van der Waals surface area contributed by atoms with Gasteiger partial charge >= 0.3 is 0 Å². The molecule has 0 fully saturated rings. The number of methoxy groups -OCH3 is 1. The van der Waals surface area contributed by atoms with E-state index in [1.165, 1.54) is 11.8 Å². The molecule has 0 aliphatic carbocycles. The van der Waals surface area contributed by atoms with E-state index in [-0.39, 0.29) is 18.2 Å². The van der Waals surface area contributed by atoms with Crippen molar-refractivity contribution >= 4 is 35.0 Å². The number of rotatable bonds is 4. The van der Waals surface area contributed by atoms with E-state index in [2.05, 4.69) is 10.6 Å². The first-order valence-electron chi connectivity index (χ1n) is 7.17. The summed E-state index contributed by atoms with van der Waals surface area (Å²) in [7, 11) is 1.55. The number of nitrogens with one attached hydrogen (secondary N) is 2. The maximum atomic E-state index is 12.2. The van der Waals surface area contributed by atoms with Gasteiger partial charge in [0.2, 0.25) is 11.8 Å². The fourth-order valence-corrected chi connectivity index (χ4v) is 3.45. The smallest absolute Gasteiger partial charge is 0.238 e. The van der Waals surface area contributed by atoms with Crippen molar-refractivity contribution in [3.8, 4) is 5.75 Å². The number of amides is 2. The number of fused-ring (bicyclic) bond motifs is 1. The summed E-state index contributed by atoms with van der Waals surface area (Å²) in [5.41, 5.74) is 1.39. The second-order valence-electron chi connectivity index (χ2n) is 5.04. The fraction of sp³-hybridized carbons (Fsp3) is 0.176. The number of anilines is 2. The van der Waals surface area contributed by atoms with Crippen LogP contribution in [0.1, 0.15) is 6.42 Å². The molecule has 0 saturated carbocycles. The normalized spacial score (nSPS) is 16.2. The van der Waals surface area contributed by atoms with Gasteiger partial charge in [-0.15, -0.1) is 11.8 Å². The van der Waals surface area contributed by atoms with Crippen molar-refractivity contribution in [3.05, 3.63) is 48.5 Å². The fourth-order valence-electron chi connectivity index (χ4n) is 2.34. The standard InChI is InChI=1S/C17H16N2O3S/c1-22-13-8-4-2-6-11(13)18-16(20)10-15-17(21)19-12-7-3-5-9-14(12)23-15/h2-9,15H,10H2,1H3,(H,18,20)(H,19,21)/t15-/m0/s1. The summed E-state index contributed by atoms with van der Waals surface area (Å²) in [6.45, 7) is 0. The average molecular weight is 328 g/mol. The molecule has 0 bridgehead atoms. The van der Waals surface area contributed by atoms with Gasteiger partial charge in [0, 0.05) is 11.3 Å². The monoisotopic (exact) mass is 328 g/mol. The maximum Gasteiger partial charge on any atom is 0.238 e. The van der Waals surface area contributed by atoms with Crippen LogP contribution in [0.2, 0.25) is 0 Å². The zero-order valence-corrected chi connectivity index (χ0v) is 13.4. The largest absolute Gasteiger partial charge is 0.495 e. The highest BCUT2D eigenvalue weighted by atomic mass is 32.2. The molecule has 6 heteroatoms. The van der Waals surface area contributed by atoms with E-state index in [1.807, 2.05) is 36.4 Å². The highest BCUT2D eigenvalue weighted by Gasteiger charge is 2.28. The Kier molecular flexibility index (Phi) is 4.52. The topological polar surface area (TPSA) is 67.4 Å². The van der Waals surface area contributed by atoms with E-state index in [1.54, 1.807) is 19.2 Å². The van der Waals surface area contributed by atoms with Gasteiger partial charge in [-0.05, 0) is 24.3 Å². The maximum absolute atomic E-state index is 12.2. The Morgan fingerprint density at radius 1 is 1.22 bits per heavy atom. The molecule has 2 aromatic carbocycles. The third-order valence-corrected chi connectivity index (χ3v) is 4.73. The van der Waals surface area contributed by atoms with Crippen LogP contribution < -0.4 is 15.4 Å². The first-order valence-corrected chi connectivity index (χ1v) is 8.05. The highest BCUT2D eigenvalue weighted by Crippen LogP contribution is 2.36. The molecule has 2 aromatic rings. The van der Waals surface area contributed by atoms with Crippen LogP contribution in [0.3, 0.4) is 0 Å². The van der Waals surface area contributed by atoms with Crippen LogP contribution in [-0.2, 0) is 9.59 Å². The summed E-state index contributed by atoms with van der Waals surface area (Å²) in [5.74, 6) is 0.220. The number of hydrogen-bond donors (Lipinski definition) is 2. The van der Waals surface area contributed by atoms with Crippen molar-refractivity contribution < 1.29 is 14.3 Å². The summed E-state index contributed by atoms with van der Waals surface area (Å²) in [6.07, 6.45) is 0.100. The van der Waals surface area contributed by atoms with Gasteiger partial charge in [-0.3, -0.25) is 9.59 Å². The Balaban J connectivity index is 1.68.